The quantitative estimate of drug-likeness (QED) is 0.824. The second-order valence-electron chi connectivity index (χ2n) is 3.72. The van der Waals surface area contributed by atoms with Gasteiger partial charge in [0.15, 0.2) is 0 Å². The zero-order valence-electron chi connectivity index (χ0n) is 10.00. The van der Waals surface area contributed by atoms with Crippen LogP contribution in [0.15, 0.2) is 18.2 Å². The van der Waals surface area contributed by atoms with Crippen LogP contribution in [0.5, 0.6) is 0 Å². The van der Waals surface area contributed by atoms with Crippen molar-refractivity contribution in [3.05, 3.63) is 35.4 Å². The van der Waals surface area contributed by atoms with E-state index in [9.17, 15) is 18.4 Å². The number of carbonyl (C=O) groups excluding carboxylic acids is 2. The summed E-state index contributed by atoms with van der Waals surface area (Å²) in [5.41, 5.74) is 0.126. The maximum atomic E-state index is 13.4. The van der Waals surface area contributed by atoms with E-state index >= 15 is 0 Å². The maximum absolute atomic E-state index is 13.4. The van der Waals surface area contributed by atoms with Gasteiger partial charge in [0.1, 0.15) is 17.7 Å². The van der Waals surface area contributed by atoms with Crippen LogP contribution >= 0.6 is 0 Å². The third-order valence-corrected chi connectivity index (χ3v) is 2.30. The molecular weight excluding hydrogens is 244 g/mol. The van der Waals surface area contributed by atoms with Gasteiger partial charge in [-0.3, -0.25) is 4.79 Å². The van der Waals surface area contributed by atoms with E-state index in [0.29, 0.717) is 0 Å². The van der Waals surface area contributed by atoms with Gasteiger partial charge in [-0.25, -0.2) is 13.6 Å². The minimum atomic E-state index is -0.993. The lowest BCUT2D eigenvalue weighted by molar-refractivity contribution is -0.144. The van der Waals surface area contributed by atoms with E-state index < -0.39 is 29.6 Å². The molecule has 0 aliphatic carbocycles. The molecule has 1 rings (SSSR count). The molecule has 1 aromatic rings. The van der Waals surface area contributed by atoms with Crippen LogP contribution in [-0.2, 0) is 20.7 Å². The first kappa shape index (κ1) is 14.1. The fraction of sp³-hybridized carbons (Fsp3) is 0.333. The molecule has 0 aromatic heterocycles. The lowest BCUT2D eigenvalue weighted by Crippen LogP contribution is -2.42. The Balaban J connectivity index is 2.88. The van der Waals surface area contributed by atoms with Crippen LogP contribution in [0.2, 0.25) is 0 Å². The first-order valence-electron chi connectivity index (χ1n) is 5.23. The van der Waals surface area contributed by atoms with Crippen molar-refractivity contribution in [2.24, 2.45) is 0 Å². The molecule has 0 aliphatic heterocycles. The van der Waals surface area contributed by atoms with Crippen LogP contribution in [0.25, 0.3) is 0 Å². The normalized spacial score (nSPS) is 11.8. The Labute approximate surface area is 103 Å². The summed E-state index contributed by atoms with van der Waals surface area (Å²) in [5, 5.41) is 2.35. The van der Waals surface area contributed by atoms with Crippen molar-refractivity contribution in [2.45, 2.75) is 19.4 Å². The SMILES string of the molecule is COC(=O)[C@H](Cc1ccc(F)cc1F)NC(C)=O. The molecule has 98 valence electrons. The summed E-state index contributed by atoms with van der Waals surface area (Å²) in [5.74, 6) is -2.60. The fourth-order valence-corrected chi connectivity index (χ4v) is 1.49. The first-order chi connectivity index (χ1) is 8.43. The molecule has 0 unspecified atom stereocenters. The molecule has 0 bridgehead atoms. The predicted molar refractivity (Wildman–Crippen MR) is 59.7 cm³/mol. The Morgan fingerprint density at radius 1 is 1.39 bits per heavy atom. The van der Waals surface area contributed by atoms with Gasteiger partial charge in [-0.15, -0.1) is 0 Å². The highest BCUT2D eigenvalue weighted by Crippen LogP contribution is 2.12. The number of ether oxygens (including phenoxy) is 1. The number of methoxy groups -OCH3 is 1. The van der Waals surface area contributed by atoms with Crippen molar-refractivity contribution in [1.29, 1.82) is 0 Å². The van der Waals surface area contributed by atoms with Gasteiger partial charge < -0.3 is 10.1 Å². The first-order valence-corrected chi connectivity index (χ1v) is 5.23. The molecule has 0 saturated heterocycles. The van der Waals surface area contributed by atoms with E-state index in [1.54, 1.807) is 0 Å². The molecule has 1 amide bonds. The lowest BCUT2D eigenvalue weighted by atomic mass is 10.1. The van der Waals surface area contributed by atoms with Gasteiger partial charge in [-0.05, 0) is 11.6 Å². The monoisotopic (exact) mass is 257 g/mol. The Hall–Kier alpha value is -1.98. The van der Waals surface area contributed by atoms with E-state index in [1.165, 1.54) is 13.0 Å². The average molecular weight is 257 g/mol. The number of hydrogen-bond donors (Lipinski definition) is 1. The molecule has 4 nitrogen and oxygen atoms in total. The Morgan fingerprint density at radius 2 is 2.06 bits per heavy atom. The standard InChI is InChI=1S/C12H13F2NO3/c1-7(16)15-11(12(17)18-2)5-8-3-4-9(13)6-10(8)14/h3-4,6,11H,5H2,1-2H3,(H,15,16)/t11-/m0/s1. The largest absolute Gasteiger partial charge is 0.467 e. The van der Waals surface area contributed by atoms with Crippen molar-refractivity contribution < 1.29 is 23.1 Å². The highest BCUT2D eigenvalue weighted by atomic mass is 19.1. The van der Waals surface area contributed by atoms with E-state index in [1.807, 2.05) is 0 Å². The minimum absolute atomic E-state index is 0.0988. The van der Waals surface area contributed by atoms with Gasteiger partial charge in [0, 0.05) is 19.4 Å². The van der Waals surface area contributed by atoms with Gasteiger partial charge in [0.2, 0.25) is 5.91 Å². The number of benzene rings is 1. The summed E-state index contributed by atoms with van der Waals surface area (Å²) >= 11 is 0. The molecule has 1 atom stereocenters. The Bertz CT molecular complexity index is 463. The summed E-state index contributed by atoms with van der Waals surface area (Å²) < 4.78 is 30.6. The third kappa shape index (κ3) is 3.80. The maximum Gasteiger partial charge on any atom is 0.328 e. The van der Waals surface area contributed by atoms with E-state index in [0.717, 1.165) is 19.2 Å². The molecule has 18 heavy (non-hydrogen) atoms. The molecule has 0 spiro atoms. The number of carbonyl (C=O) groups is 2. The fourth-order valence-electron chi connectivity index (χ4n) is 1.49. The molecular formula is C12H13F2NO3. The van der Waals surface area contributed by atoms with E-state index in [4.69, 9.17) is 0 Å². The number of hydrogen-bond acceptors (Lipinski definition) is 3. The molecule has 0 heterocycles. The summed E-state index contributed by atoms with van der Waals surface area (Å²) in [7, 11) is 1.16. The Morgan fingerprint density at radius 3 is 2.56 bits per heavy atom. The van der Waals surface area contributed by atoms with Crippen LogP contribution < -0.4 is 5.32 Å². The zero-order valence-corrected chi connectivity index (χ0v) is 10.00. The van der Waals surface area contributed by atoms with Crippen molar-refractivity contribution in [1.82, 2.24) is 5.32 Å². The number of halogens is 2. The number of esters is 1. The number of nitrogens with one attached hydrogen (secondary N) is 1. The second kappa shape index (κ2) is 6.09. The van der Waals surface area contributed by atoms with E-state index in [-0.39, 0.29) is 12.0 Å². The van der Waals surface area contributed by atoms with Gasteiger partial charge in [-0.1, -0.05) is 6.07 Å². The molecule has 0 saturated carbocycles. The van der Waals surface area contributed by atoms with Crippen LogP contribution in [0.1, 0.15) is 12.5 Å². The van der Waals surface area contributed by atoms with Crippen LogP contribution in [-0.4, -0.2) is 25.0 Å². The molecule has 1 aromatic carbocycles. The van der Waals surface area contributed by atoms with Crippen molar-refractivity contribution in [3.63, 3.8) is 0 Å². The number of amides is 1. The predicted octanol–water partition coefficient (Wildman–Crippen LogP) is 1.18. The minimum Gasteiger partial charge on any atom is -0.467 e. The van der Waals surface area contributed by atoms with Gasteiger partial charge in [0.05, 0.1) is 7.11 Å². The third-order valence-electron chi connectivity index (χ3n) is 2.30. The van der Waals surface area contributed by atoms with Crippen molar-refractivity contribution >= 4 is 11.9 Å². The molecule has 0 aliphatic rings. The van der Waals surface area contributed by atoms with Crippen LogP contribution in [0.3, 0.4) is 0 Å². The van der Waals surface area contributed by atoms with Crippen molar-refractivity contribution in [2.75, 3.05) is 7.11 Å². The number of rotatable bonds is 4. The summed E-state index contributed by atoms with van der Waals surface area (Å²) in [4.78, 5) is 22.3. The lowest BCUT2D eigenvalue weighted by Gasteiger charge is -2.15. The average Bonchev–Trinajstić information content (AvgIpc) is 2.30. The van der Waals surface area contributed by atoms with Crippen LogP contribution in [0, 0.1) is 11.6 Å². The van der Waals surface area contributed by atoms with Crippen LogP contribution in [0.4, 0.5) is 8.78 Å². The Kier molecular flexibility index (Phi) is 4.76. The second-order valence-corrected chi connectivity index (χ2v) is 3.72. The molecule has 1 N–H and O–H groups in total. The van der Waals surface area contributed by atoms with Crippen molar-refractivity contribution in [3.8, 4) is 0 Å². The highest BCUT2D eigenvalue weighted by Gasteiger charge is 2.22. The zero-order chi connectivity index (χ0) is 13.7. The summed E-state index contributed by atoms with van der Waals surface area (Å²) in [6.07, 6.45) is -0.0988. The smallest absolute Gasteiger partial charge is 0.328 e. The topological polar surface area (TPSA) is 55.4 Å². The summed E-state index contributed by atoms with van der Waals surface area (Å²) in [6.45, 7) is 1.23. The van der Waals surface area contributed by atoms with Gasteiger partial charge in [0.25, 0.3) is 0 Å². The van der Waals surface area contributed by atoms with Gasteiger partial charge in [-0.2, -0.15) is 0 Å². The van der Waals surface area contributed by atoms with E-state index in [2.05, 4.69) is 10.1 Å². The van der Waals surface area contributed by atoms with Gasteiger partial charge >= 0.3 is 5.97 Å². The molecule has 0 fully saturated rings. The highest BCUT2D eigenvalue weighted by molar-refractivity contribution is 5.83. The summed E-state index contributed by atoms with van der Waals surface area (Å²) in [6, 6.07) is 2.04. The molecule has 6 heteroatoms. The molecule has 0 radical (unpaired) electrons.